The van der Waals surface area contributed by atoms with Crippen molar-refractivity contribution in [2.24, 2.45) is 5.73 Å². The van der Waals surface area contributed by atoms with Gasteiger partial charge in [0.05, 0.1) is 17.4 Å². The first-order valence-electron chi connectivity index (χ1n) is 5.67. The lowest BCUT2D eigenvalue weighted by atomic mass is 10.1. The maximum atomic E-state index is 13.6. The molecule has 2 atom stereocenters. The number of anilines is 1. The molecule has 1 aromatic carbocycles. The average Bonchev–Trinajstić information content (AvgIpc) is 2.70. The van der Waals surface area contributed by atoms with Gasteiger partial charge in [0, 0.05) is 13.0 Å². The van der Waals surface area contributed by atoms with Crippen LogP contribution in [0.4, 0.5) is 10.1 Å². The van der Waals surface area contributed by atoms with Gasteiger partial charge in [-0.25, -0.2) is 9.18 Å². The van der Waals surface area contributed by atoms with E-state index in [2.05, 4.69) is 0 Å². The van der Waals surface area contributed by atoms with Crippen LogP contribution in [0, 0.1) is 5.82 Å². The van der Waals surface area contributed by atoms with E-state index in [0.29, 0.717) is 0 Å². The Kier molecular flexibility index (Phi) is 3.39. The predicted molar refractivity (Wildman–Crippen MR) is 64.3 cm³/mol. The number of aliphatic hydroxyl groups excluding tert-OH is 1. The number of amides is 1. The van der Waals surface area contributed by atoms with Crippen molar-refractivity contribution in [3.8, 4) is 0 Å². The van der Waals surface area contributed by atoms with Gasteiger partial charge in [0.1, 0.15) is 11.9 Å². The molecule has 1 saturated heterocycles. The monoisotopic (exact) mass is 268 g/mol. The summed E-state index contributed by atoms with van der Waals surface area (Å²) in [7, 11) is 0. The molecule has 2 rings (SSSR count). The molecule has 0 aromatic heterocycles. The van der Waals surface area contributed by atoms with Gasteiger partial charge in [-0.2, -0.15) is 0 Å². The van der Waals surface area contributed by atoms with Gasteiger partial charge in [0.25, 0.3) is 5.91 Å². The minimum absolute atomic E-state index is 0.0146. The molecule has 1 fully saturated rings. The quantitative estimate of drug-likeness (QED) is 0.713. The number of aliphatic hydroxyl groups is 1. The summed E-state index contributed by atoms with van der Waals surface area (Å²) in [5, 5.41) is 18.7. The van der Waals surface area contributed by atoms with E-state index < -0.39 is 29.8 Å². The molecule has 1 heterocycles. The Hall–Kier alpha value is -2.15. The van der Waals surface area contributed by atoms with E-state index in [1.807, 2.05) is 0 Å². The largest absolute Gasteiger partial charge is 0.480 e. The molecule has 1 aliphatic heterocycles. The Morgan fingerprint density at radius 1 is 1.42 bits per heavy atom. The third-order valence-electron chi connectivity index (χ3n) is 3.11. The summed E-state index contributed by atoms with van der Waals surface area (Å²) >= 11 is 0. The lowest BCUT2D eigenvalue weighted by Crippen LogP contribution is -2.37. The topological polar surface area (TPSA) is 104 Å². The molecule has 7 heteroatoms. The number of rotatable bonds is 3. The number of nitrogens with zero attached hydrogens (tertiary/aromatic N) is 1. The minimum Gasteiger partial charge on any atom is -0.480 e. The molecule has 0 bridgehead atoms. The first-order chi connectivity index (χ1) is 8.91. The smallest absolute Gasteiger partial charge is 0.326 e. The molecule has 0 radical (unpaired) electrons. The zero-order valence-electron chi connectivity index (χ0n) is 9.91. The van der Waals surface area contributed by atoms with Crippen LogP contribution in [-0.2, 0) is 4.79 Å². The number of β-amino-alcohol motifs (C(OH)–C–C–N with tert-alkyl or cyclic N) is 1. The summed E-state index contributed by atoms with van der Waals surface area (Å²) in [5.41, 5.74) is 4.86. The van der Waals surface area contributed by atoms with Crippen molar-refractivity contribution in [2.45, 2.75) is 18.6 Å². The van der Waals surface area contributed by atoms with E-state index in [1.54, 1.807) is 0 Å². The van der Waals surface area contributed by atoms with Crippen LogP contribution in [0.15, 0.2) is 18.2 Å². The van der Waals surface area contributed by atoms with Crippen molar-refractivity contribution in [2.75, 3.05) is 11.4 Å². The zero-order chi connectivity index (χ0) is 14.2. The fraction of sp³-hybridized carbons (Fsp3) is 0.333. The van der Waals surface area contributed by atoms with E-state index in [0.717, 1.165) is 6.07 Å². The van der Waals surface area contributed by atoms with Crippen LogP contribution in [0.2, 0.25) is 0 Å². The number of carbonyl (C=O) groups is 2. The average molecular weight is 268 g/mol. The van der Waals surface area contributed by atoms with Gasteiger partial charge in [0.15, 0.2) is 0 Å². The maximum absolute atomic E-state index is 13.6. The standard InChI is InChI=1S/C12H13FN2O4/c13-7-2-1-3-8(10(7)11(14)17)15-5-6(16)4-9(15)12(18)19/h1-3,6,9,16H,4-5H2,(H2,14,17)(H,18,19). The number of hydrogen-bond donors (Lipinski definition) is 3. The summed E-state index contributed by atoms with van der Waals surface area (Å²) in [5.74, 6) is -2.93. The van der Waals surface area contributed by atoms with E-state index in [1.165, 1.54) is 17.0 Å². The second kappa shape index (κ2) is 4.85. The fourth-order valence-electron chi connectivity index (χ4n) is 2.31. The maximum Gasteiger partial charge on any atom is 0.326 e. The Balaban J connectivity index is 2.49. The van der Waals surface area contributed by atoms with E-state index in [4.69, 9.17) is 10.8 Å². The van der Waals surface area contributed by atoms with Crippen LogP contribution < -0.4 is 10.6 Å². The van der Waals surface area contributed by atoms with Crippen LogP contribution >= 0.6 is 0 Å². The molecule has 1 aromatic rings. The SMILES string of the molecule is NC(=O)c1c(F)cccc1N1CC(O)CC1C(=O)O. The lowest BCUT2D eigenvalue weighted by Gasteiger charge is -2.25. The number of hydrogen-bond acceptors (Lipinski definition) is 4. The van der Waals surface area contributed by atoms with Gasteiger partial charge in [-0.3, -0.25) is 4.79 Å². The normalized spacial score (nSPS) is 22.5. The first kappa shape index (κ1) is 13.3. The van der Waals surface area contributed by atoms with Gasteiger partial charge in [-0.05, 0) is 12.1 Å². The number of primary amides is 1. The third kappa shape index (κ3) is 2.37. The van der Waals surface area contributed by atoms with Crippen molar-refractivity contribution < 1.29 is 24.2 Å². The molecule has 0 saturated carbocycles. The Labute approximate surface area is 108 Å². The van der Waals surface area contributed by atoms with Gasteiger partial charge in [0.2, 0.25) is 0 Å². The highest BCUT2D eigenvalue weighted by atomic mass is 19.1. The van der Waals surface area contributed by atoms with Crippen LogP contribution in [0.1, 0.15) is 16.8 Å². The highest BCUT2D eigenvalue weighted by Crippen LogP contribution is 2.30. The summed E-state index contributed by atoms with van der Waals surface area (Å²) in [4.78, 5) is 23.7. The summed E-state index contributed by atoms with van der Waals surface area (Å²) in [6.45, 7) is 0.0146. The molecule has 4 N–H and O–H groups in total. The lowest BCUT2D eigenvalue weighted by molar-refractivity contribution is -0.138. The van der Waals surface area contributed by atoms with Crippen LogP contribution in [0.25, 0.3) is 0 Å². The Bertz CT molecular complexity index is 534. The molecule has 1 amide bonds. The van der Waals surface area contributed by atoms with Crippen molar-refractivity contribution in [1.29, 1.82) is 0 Å². The molecule has 0 spiro atoms. The van der Waals surface area contributed by atoms with Crippen molar-refractivity contribution in [3.63, 3.8) is 0 Å². The van der Waals surface area contributed by atoms with Crippen molar-refractivity contribution in [3.05, 3.63) is 29.6 Å². The summed E-state index contributed by atoms with van der Waals surface area (Å²) in [6.07, 6.45) is -0.825. The molecule has 2 unspecified atom stereocenters. The molecule has 102 valence electrons. The van der Waals surface area contributed by atoms with E-state index in [9.17, 15) is 19.1 Å². The van der Waals surface area contributed by atoms with Crippen LogP contribution in [0.5, 0.6) is 0 Å². The van der Waals surface area contributed by atoms with Gasteiger partial charge >= 0.3 is 5.97 Å². The number of carboxylic acids is 1. The zero-order valence-corrected chi connectivity index (χ0v) is 9.91. The predicted octanol–water partition coefficient (Wildman–Crippen LogP) is -0.0512. The van der Waals surface area contributed by atoms with E-state index in [-0.39, 0.29) is 24.2 Å². The second-order valence-corrected chi connectivity index (χ2v) is 4.39. The molecule has 19 heavy (non-hydrogen) atoms. The number of halogens is 1. The molecular weight excluding hydrogens is 255 g/mol. The second-order valence-electron chi connectivity index (χ2n) is 4.39. The Morgan fingerprint density at radius 3 is 2.68 bits per heavy atom. The summed E-state index contributed by atoms with van der Waals surface area (Å²) < 4.78 is 13.6. The Morgan fingerprint density at radius 2 is 2.11 bits per heavy atom. The number of nitrogens with two attached hydrogens (primary N) is 1. The first-order valence-corrected chi connectivity index (χ1v) is 5.67. The fourth-order valence-corrected chi connectivity index (χ4v) is 2.31. The van der Waals surface area contributed by atoms with Gasteiger partial charge < -0.3 is 20.8 Å². The van der Waals surface area contributed by atoms with E-state index >= 15 is 0 Å². The van der Waals surface area contributed by atoms with Crippen LogP contribution in [-0.4, -0.2) is 40.8 Å². The minimum atomic E-state index is -1.14. The highest BCUT2D eigenvalue weighted by Gasteiger charge is 2.37. The van der Waals surface area contributed by atoms with Crippen LogP contribution in [0.3, 0.4) is 0 Å². The molecule has 0 aliphatic carbocycles. The van der Waals surface area contributed by atoms with Crippen molar-refractivity contribution >= 4 is 17.6 Å². The highest BCUT2D eigenvalue weighted by molar-refractivity contribution is 5.99. The molecular formula is C12H13FN2O4. The number of carbonyl (C=O) groups excluding carboxylic acids is 1. The number of aliphatic carboxylic acids is 1. The molecule has 1 aliphatic rings. The number of benzene rings is 1. The summed E-state index contributed by atoms with van der Waals surface area (Å²) in [6, 6.07) is 2.85. The third-order valence-corrected chi connectivity index (χ3v) is 3.11. The number of carboxylic acid groups (broad SMARTS) is 1. The van der Waals surface area contributed by atoms with Gasteiger partial charge in [-0.15, -0.1) is 0 Å². The van der Waals surface area contributed by atoms with Gasteiger partial charge in [-0.1, -0.05) is 6.07 Å². The van der Waals surface area contributed by atoms with Crippen molar-refractivity contribution in [1.82, 2.24) is 0 Å². The molecule has 6 nitrogen and oxygen atoms in total.